The van der Waals surface area contributed by atoms with Crippen molar-refractivity contribution >= 4 is 23.7 Å². The number of nitrogens with one attached hydrogen (secondary N) is 1. The summed E-state index contributed by atoms with van der Waals surface area (Å²) < 4.78 is 10.8. The van der Waals surface area contributed by atoms with Crippen LogP contribution < -0.4 is 14.9 Å². The molecule has 6 nitrogen and oxygen atoms in total. The van der Waals surface area contributed by atoms with Gasteiger partial charge in [0, 0.05) is 0 Å². The molecule has 0 aliphatic carbocycles. The summed E-state index contributed by atoms with van der Waals surface area (Å²) in [7, 11) is 0. The zero-order valence-electron chi connectivity index (χ0n) is 14.9. The van der Waals surface area contributed by atoms with Gasteiger partial charge in [-0.3, -0.25) is 4.79 Å². The van der Waals surface area contributed by atoms with Crippen molar-refractivity contribution in [3.05, 3.63) is 52.0 Å². The Morgan fingerprint density at radius 3 is 2.77 bits per heavy atom. The summed E-state index contributed by atoms with van der Waals surface area (Å²) in [5.74, 6) is 0.399. The molecule has 0 fully saturated rings. The number of hydrogen-bond donors (Lipinski definition) is 2. The Balaban J connectivity index is 1.93. The lowest BCUT2D eigenvalue weighted by Crippen LogP contribution is -2.24. The number of hydrogen-bond acceptors (Lipinski definition) is 5. The number of rotatable bonds is 7. The van der Waals surface area contributed by atoms with Crippen molar-refractivity contribution in [1.82, 2.24) is 5.43 Å². The summed E-state index contributed by atoms with van der Waals surface area (Å²) in [5.41, 5.74) is 5.04. The quantitative estimate of drug-likeness (QED) is 0.571. The maximum Gasteiger partial charge on any atom is 0.277 e. The van der Waals surface area contributed by atoms with E-state index in [1.807, 2.05) is 32.0 Å². The second-order valence-electron chi connectivity index (χ2n) is 5.56. The highest BCUT2D eigenvalue weighted by molar-refractivity contribution is 6.32. The number of ether oxygens (including phenoxy) is 2. The molecule has 2 rings (SSSR count). The van der Waals surface area contributed by atoms with Gasteiger partial charge in [0.15, 0.2) is 18.1 Å². The standard InChI is InChI=1S/C19H21ClN2O4/c1-4-25-17-9-14(8-15(20)19(17)24)10-21-22-18(23)11-26-16-7-5-6-12(2)13(16)3/h5-10,24H,4,11H2,1-3H3,(H,22,23). The number of aryl methyl sites for hydroxylation is 1. The first-order chi connectivity index (χ1) is 12.4. The fourth-order valence-corrected chi connectivity index (χ4v) is 2.39. The first kappa shape index (κ1) is 19.6. The molecule has 138 valence electrons. The summed E-state index contributed by atoms with van der Waals surface area (Å²) in [6.45, 7) is 5.94. The van der Waals surface area contributed by atoms with E-state index in [1.54, 1.807) is 13.0 Å². The Hall–Kier alpha value is -2.73. The normalized spacial score (nSPS) is 10.8. The van der Waals surface area contributed by atoms with E-state index in [0.29, 0.717) is 17.9 Å². The highest BCUT2D eigenvalue weighted by atomic mass is 35.5. The highest BCUT2D eigenvalue weighted by Gasteiger charge is 2.09. The largest absolute Gasteiger partial charge is 0.503 e. The molecule has 7 heteroatoms. The zero-order chi connectivity index (χ0) is 19.1. The molecule has 0 unspecified atom stereocenters. The lowest BCUT2D eigenvalue weighted by Gasteiger charge is -2.10. The third-order valence-electron chi connectivity index (χ3n) is 3.67. The number of amides is 1. The first-order valence-corrected chi connectivity index (χ1v) is 8.46. The van der Waals surface area contributed by atoms with E-state index in [1.165, 1.54) is 12.3 Å². The first-order valence-electron chi connectivity index (χ1n) is 8.08. The Bertz CT molecular complexity index is 821. The summed E-state index contributed by atoms with van der Waals surface area (Å²) in [4.78, 5) is 11.9. The Kier molecular flexibility index (Phi) is 6.86. The molecule has 0 atom stereocenters. The summed E-state index contributed by atoms with van der Waals surface area (Å²) in [5, 5.41) is 13.8. The summed E-state index contributed by atoms with van der Waals surface area (Å²) in [6, 6.07) is 8.76. The maximum atomic E-state index is 11.9. The molecule has 0 heterocycles. The van der Waals surface area contributed by atoms with Crippen LogP contribution in [0.4, 0.5) is 0 Å². The molecule has 0 aromatic heterocycles. The van der Waals surface area contributed by atoms with Gasteiger partial charge in [0.25, 0.3) is 5.91 Å². The van der Waals surface area contributed by atoms with E-state index in [-0.39, 0.29) is 23.1 Å². The number of benzene rings is 2. The molecule has 0 radical (unpaired) electrons. The van der Waals surface area contributed by atoms with Crippen molar-refractivity contribution in [1.29, 1.82) is 0 Å². The molecule has 2 aromatic carbocycles. The van der Waals surface area contributed by atoms with Crippen LogP contribution in [0.25, 0.3) is 0 Å². The van der Waals surface area contributed by atoms with Crippen LogP contribution >= 0.6 is 11.6 Å². The summed E-state index contributed by atoms with van der Waals surface area (Å²) in [6.07, 6.45) is 1.41. The SMILES string of the molecule is CCOc1cc(C=NNC(=O)COc2cccc(C)c2C)cc(Cl)c1O. The van der Waals surface area contributed by atoms with Crippen LogP contribution in [0.15, 0.2) is 35.4 Å². The van der Waals surface area contributed by atoms with Gasteiger partial charge in [-0.05, 0) is 55.7 Å². The molecule has 0 saturated carbocycles. The number of phenols is 1. The number of aromatic hydroxyl groups is 1. The van der Waals surface area contributed by atoms with E-state index in [9.17, 15) is 9.90 Å². The van der Waals surface area contributed by atoms with Crippen molar-refractivity contribution in [2.75, 3.05) is 13.2 Å². The molecule has 0 spiro atoms. The van der Waals surface area contributed by atoms with E-state index in [2.05, 4.69) is 10.5 Å². The number of hydrazone groups is 1. The predicted molar refractivity (Wildman–Crippen MR) is 101 cm³/mol. The van der Waals surface area contributed by atoms with Crippen LogP contribution in [-0.4, -0.2) is 30.4 Å². The molecule has 1 amide bonds. The Labute approximate surface area is 157 Å². The second kappa shape index (κ2) is 9.10. The predicted octanol–water partition coefficient (Wildman–Crippen LogP) is 3.59. The van der Waals surface area contributed by atoms with Gasteiger partial charge in [-0.2, -0.15) is 5.10 Å². The van der Waals surface area contributed by atoms with Gasteiger partial charge in [0.2, 0.25) is 0 Å². The molecular weight excluding hydrogens is 356 g/mol. The van der Waals surface area contributed by atoms with Gasteiger partial charge in [-0.1, -0.05) is 23.7 Å². The van der Waals surface area contributed by atoms with Crippen molar-refractivity contribution in [2.45, 2.75) is 20.8 Å². The average Bonchev–Trinajstić information content (AvgIpc) is 2.60. The van der Waals surface area contributed by atoms with E-state index < -0.39 is 5.91 Å². The number of nitrogens with zero attached hydrogens (tertiary/aromatic N) is 1. The Morgan fingerprint density at radius 1 is 1.27 bits per heavy atom. The molecule has 0 bridgehead atoms. The minimum absolute atomic E-state index is 0.128. The lowest BCUT2D eigenvalue weighted by molar-refractivity contribution is -0.123. The molecule has 2 aromatic rings. The van der Waals surface area contributed by atoms with Crippen molar-refractivity contribution in [2.24, 2.45) is 5.10 Å². The third kappa shape index (κ3) is 5.13. The van der Waals surface area contributed by atoms with Crippen molar-refractivity contribution < 1.29 is 19.4 Å². The van der Waals surface area contributed by atoms with E-state index >= 15 is 0 Å². The molecule has 26 heavy (non-hydrogen) atoms. The molecule has 0 aliphatic heterocycles. The minimum atomic E-state index is -0.392. The Morgan fingerprint density at radius 2 is 2.04 bits per heavy atom. The maximum absolute atomic E-state index is 11.9. The van der Waals surface area contributed by atoms with Crippen LogP contribution in [0.2, 0.25) is 5.02 Å². The molecule has 2 N–H and O–H groups in total. The zero-order valence-corrected chi connectivity index (χ0v) is 15.6. The van der Waals surface area contributed by atoms with Gasteiger partial charge >= 0.3 is 0 Å². The number of halogens is 1. The van der Waals surface area contributed by atoms with Gasteiger partial charge in [0.05, 0.1) is 17.8 Å². The number of carbonyl (C=O) groups is 1. The lowest BCUT2D eigenvalue weighted by atomic mass is 10.1. The second-order valence-corrected chi connectivity index (χ2v) is 5.97. The topological polar surface area (TPSA) is 80.2 Å². The van der Waals surface area contributed by atoms with Gasteiger partial charge in [-0.25, -0.2) is 5.43 Å². The average molecular weight is 377 g/mol. The number of phenolic OH excluding ortho intramolecular Hbond substituents is 1. The van der Waals surface area contributed by atoms with Crippen molar-refractivity contribution in [3.8, 4) is 17.2 Å². The van der Waals surface area contributed by atoms with Crippen molar-refractivity contribution in [3.63, 3.8) is 0 Å². The number of carbonyl (C=O) groups excluding carboxylic acids is 1. The van der Waals surface area contributed by atoms with Crippen LogP contribution in [0.1, 0.15) is 23.6 Å². The third-order valence-corrected chi connectivity index (χ3v) is 3.96. The molecule has 0 saturated heterocycles. The van der Waals surface area contributed by atoms with Crippen LogP contribution in [0.5, 0.6) is 17.2 Å². The van der Waals surface area contributed by atoms with E-state index in [0.717, 1.165) is 11.1 Å². The fraction of sp³-hybridized carbons (Fsp3) is 0.263. The van der Waals surface area contributed by atoms with E-state index in [4.69, 9.17) is 21.1 Å². The van der Waals surface area contributed by atoms with Crippen LogP contribution in [0, 0.1) is 13.8 Å². The minimum Gasteiger partial charge on any atom is -0.503 e. The van der Waals surface area contributed by atoms with Gasteiger partial charge < -0.3 is 14.6 Å². The van der Waals surface area contributed by atoms with Gasteiger partial charge in [-0.15, -0.1) is 0 Å². The summed E-state index contributed by atoms with van der Waals surface area (Å²) >= 11 is 5.94. The molecule has 0 aliphatic rings. The smallest absolute Gasteiger partial charge is 0.277 e. The fourth-order valence-electron chi connectivity index (χ4n) is 2.17. The van der Waals surface area contributed by atoms with Crippen LogP contribution in [0.3, 0.4) is 0 Å². The van der Waals surface area contributed by atoms with Gasteiger partial charge in [0.1, 0.15) is 5.75 Å². The highest BCUT2D eigenvalue weighted by Crippen LogP contribution is 2.34. The van der Waals surface area contributed by atoms with Crippen LogP contribution in [-0.2, 0) is 4.79 Å². The monoisotopic (exact) mass is 376 g/mol. The molecular formula is C19H21ClN2O4.